The Kier molecular flexibility index (Phi) is 2.35. The van der Waals surface area contributed by atoms with Gasteiger partial charge in [0.2, 0.25) is 5.69 Å². The molecular weight excluding hydrogens is 206 g/mol. The molecule has 1 aromatic rings. The lowest BCUT2D eigenvalue weighted by atomic mass is 10.1. The van der Waals surface area contributed by atoms with Crippen LogP contribution in [0.3, 0.4) is 0 Å². The van der Waals surface area contributed by atoms with Crippen molar-refractivity contribution in [2.45, 2.75) is 6.42 Å². The third kappa shape index (κ3) is 1.74. The fourth-order valence-corrected chi connectivity index (χ4v) is 2.01. The Hall–Kier alpha value is -1.62. The van der Waals surface area contributed by atoms with Crippen molar-refractivity contribution in [3.63, 3.8) is 0 Å². The van der Waals surface area contributed by atoms with Crippen LogP contribution in [0.2, 0.25) is 0 Å². The van der Waals surface area contributed by atoms with Crippen molar-refractivity contribution in [1.82, 2.24) is 4.48 Å². The number of nitro benzene ring substituents is 1. The number of anilines is 1. The van der Waals surface area contributed by atoms with Crippen LogP contribution in [0.25, 0.3) is 0 Å². The van der Waals surface area contributed by atoms with Gasteiger partial charge in [-0.25, -0.2) is 0 Å². The molecule has 0 radical (unpaired) electrons. The van der Waals surface area contributed by atoms with Crippen molar-refractivity contribution in [1.29, 1.82) is 0 Å². The Bertz CT molecular complexity index is 449. The van der Waals surface area contributed by atoms with Crippen molar-refractivity contribution in [2.75, 3.05) is 33.0 Å². The van der Waals surface area contributed by atoms with Crippen LogP contribution in [0.15, 0.2) is 12.1 Å². The maximum Gasteiger partial charge on any atom is 0.331 e. The van der Waals surface area contributed by atoms with Gasteiger partial charge in [0.05, 0.1) is 26.1 Å². The third-order valence-electron chi connectivity index (χ3n) is 2.83. The second-order valence-electron chi connectivity index (χ2n) is 4.94. The number of rotatable bonds is 2. The number of fused-ring (bicyclic) bond motifs is 1. The molecule has 1 aliphatic heterocycles. The highest BCUT2D eigenvalue weighted by atomic mass is 16.6. The monoisotopic (exact) mass is 222 g/mol. The molecule has 0 saturated heterocycles. The summed E-state index contributed by atoms with van der Waals surface area (Å²) in [6.45, 7) is 0.868. The largest absolute Gasteiger partial charge is 0.384 e. The number of hydrogen-bond acceptors (Lipinski definition) is 3. The predicted octanol–water partition coefficient (Wildman–Crippen LogP) is 1.76. The van der Waals surface area contributed by atoms with E-state index in [9.17, 15) is 10.1 Å². The zero-order valence-electron chi connectivity index (χ0n) is 9.78. The molecule has 0 aliphatic carbocycles. The van der Waals surface area contributed by atoms with E-state index in [0.717, 1.165) is 24.3 Å². The smallest absolute Gasteiger partial charge is 0.331 e. The van der Waals surface area contributed by atoms with Crippen LogP contribution in [0.5, 0.6) is 0 Å². The molecule has 5 heteroatoms. The number of benzene rings is 1. The Morgan fingerprint density at radius 3 is 2.62 bits per heavy atom. The van der Waals surface area contributed by atoms with E-state index in [-0.39, 0.29) is 10.6 Å². The average Bonchev–Trinajstić information content (AvgIpc) is 2.60. The fourth-order valence-electron chi connectivity index (χ4n) is 2.01. The van der Waals surface area contributed by atoms with Gasteiger partial charge in [-0.1, -0.05) is 0 Å². The van der Waals surface area contributed by atoms with Crippen LogP contribution in [0.1, 0.15) is 5.56 Å². The van der Waals surface area contributed by atoms with Crippen molar-refractivity contribution >= 4 is 17.1 Å². The molecule has 0 spiro atoms. The zero-order chi connectivity index (χ0) is 11.9. The van der Waals surface area contributed by atoms with Crippen LogP contribution in [0.4, 0.5) is 17.1 Å². The Morgan fingerprint density at radius 1 is 1.38 bits per heavy atom. The molecule has 0 unspecified atom stereocenters. The van der Waals surface area contributed by atoms with E-state index in [4.69, 9.17) is 0 Å². The number of quaternary nitrogens is 1. The summed E-state index contributed by atoms with van der Waals surface area (Å²) in [7, 11) is 5.82. The van der Waals surface area contributed by atoms with Gasteiger partial charge in [0.15, 0.2) is 0 Å². The molecular formula is C11H16N3O2+. The molecule has 0 saturated carbocycles. The molecule has 2 rings (SSSR count). The van der Waals surface area contributed by atoms with Crippen molar-refractivity contribution in [3.8, 4) is 0 Å². The normalized spacial score (nSPS) is 14.4. The summed E-state index contributed by atoms with van der Waals surface area (Å²) in [4.78, 5) is 10.7. The molecule has 1 N–H and O–H groups in total. The molecule has 0 bridgehead atoms. The van der Waals surface area contributed by atoms with Gasteiger partial charge in [-0.2, -0.15) is 0 Å². The lowest BCUT2D eigenvalue weighted by Gasteiger charge is -2.23. The standard InChI is InChI=1S/C11H16N3O2/c1-14(2,3)11-6-8-4-5-12-9(8)7-10(11)13(15)16/h6-7,12H,4-5H2,1-3H3/q+1. The highest BCUT2D eigenvalue weighted by Crippen LogP contribution is 2.37. The van der Waals surface area contributed by atoms with Crippen LogP contribution in [-0.2, 0) is 6.42 Å². The van der Waals surface area contributed by atoms with Gasteiger partial charge in [0, 0.05) is 24.4 Å². The maximum atomic E-state index is 11.0. The second-order valence-corrected chi connectivity index (χ2v) is 4.94. The minimum atomic E-state index is -0.306. The fraction of sp³-hybridized carbons (Fsp3) is 0.455. The van der Waals surface area contributed by atoms with Gasteiger partial charge >= 0.3 is 5.69 Å². The highest BCUT2D eigenvalue weighted by Gasteiger charge is 2.29. The Balaban J connectivity index is 2.62. The van der Waals surface area contributed by atoms with Crippen molar-refractivity contribution < 1.29 is 4.92 Å². The first-order valence-electron chi connectivity index (χ1n) is 5.27. The topological polar surface area (TPSA) is 55.2 Å². The van der Waals surface area contributed by atoms with Gasteiger partial charge in [-0.05, 0) is 12.0 Å². The molecule has 5 nitrogen and oxygen atoms in total. The molecule has 1 aliphatic rings. The van der Waals surface area contributed by atoms with Gasteiger partial charge < -0.3 is 5.32 Å². The zero-order valence-corrected chi connectivity index (χ0v) is 9.78. The molecule has 0 atom stereocenters. The minimum Gasteiger partial charge on any atom is -0.384 e. The maximum absolute atomic E-state index is 11.0. The number of nitro groups is 1. The van der Waals surface area contributed by atoms with Crippen molar-refractivity contribution in [2.24, 2.45) is 0 Å². The molecule has 0 amide bonds. The highest BCUT2D eigenvalue weighted by molar-refractivity contribution is 5.72. The van der Waals surface area contributed by atoms with E-state index in [1.807, 2.05) is 27.2 Å². The first-order valence-corrected chi connectivity index (χ1v) is 5.27. The molecule has 1 aromatic carbocycles. The summed E-state index contributed by atoms with van der Waals surface area (Å²) >= 11 is 0. The number of hydrogen-bond donors (Lipinski definition) is 1. The lowest BCUT2D eigenvalue weighted by molar-refractivity contribution is -0.384. The summed E-state index contributed by atoms with van der Waals surface area (Å²) in [6, 6.07) is 3.61. The van der Waals surface area contributed by atoms with E-state index >= 15 is 0 Å². The minimum absolute atomic E-state index is 0.195. The summed E-state index contributed by atoms with van der Waals surface area (Å²) in [6.07, 6.45) is 0.945. The number of nitrogens with one attached hydrogen (secondary N) is 1. The Morgan fingerprint density at radius 2 is 2.06 bits per heavy atom. The summed E-state index contributed by atoms with van der Waals surface area (Å²) < 4.78 is 0.462. The lowest BCUT2D eigenvalue weighted by Crippen LogP contribution is -2.35. The van der Waals surface area contributed by atoms with Gasteiger partial charge in [-0.3, -0.25) is 14.6 Å². The van der Waals surface area contributed by atoms with Gasteiger partial charge in [0.1, 0.15) is 0 Å². The summed E-state index contributed by atoms with van der Waals surface area (Å²) in [5.41, 5.74) is 3.03. The molecule has 86 valence electrons. The van der Waals surface area contributed by atoms with Crippen LogP contribution >= 0.6 is 0 Å². The van der Waals surface area contributed by atoms with E-state index in [1.165, 1.54) is 5.56 Å². The van der Waals surface area contributed by atoms with E-state index < -0.39 is 0 Å². The molecule has 0 fully saturated rings. The quantitative estimate of drug-likeness (QED) is 0.471. The number of nitrogens with zero attached hydrogens (tertiary/aromatic N) is 2. The third-order valence-corrected chi connectivity index (χ3v) is 2.83. The van der Waals surface area contributed by atoms with E-state index in [1.54, 1.807) is 6.07 Å². The van der Waals surface area contributed by atoms with Gasteiger partial charge in [0.25, 0.3) is 0 Å². The molecule has 0 aromatic heterocycles. The first-order chi connectivity index (χ1) is 7.39. The SMILES string of the molecule is C[N+](C)(C)c1cc2c(cc1[N+](=O)[O-])NCC2. The van der Waals surface area contributed by atoms with Gasteiger partial charge in [-0.15, -0.1) is 0 Å². The first kappa shape index (κ1) is 10.9. The van der Waals surface area contributed by atoms with E-state index in [0.29, 0.717) is 4.48 Å². The van der Waals surface area contributed by atoms with E-state index in [2.05, 4.69) is 5.32 Å². The summed E-state index contributed by atoms with van der Waals surface area (Å²) in [5.74, 6) is 0. The van der Waals surface area contributed by atoms with Crippen LogP contribution in [-0.4, -0.2) is 32.6 Å². The predicted molar refractivity (Wildman–Crippen MR) is 64.9 cm³/mol. The second kappa shape index (κ2) is 3.45. The Labute approximate surface area is 94.4 Å². The van der Waals surface area contributed by atoms with Crippen LogP contribution < -0.4 is 9.80 Å². The average molecular weight is 222 g/mol. The summed E-state index contributed by atoms with van der Waals surface area (Å²) in [5, 5.41) is 14.2. The molecule has 16 heavy (non-hydrogen) atoms. The van der Waals surface area contributed by atoms with Crippen molar-refractivity contribution in [3.05, 3.63) is 27.8 Å². The molecule has 1 heterocycles. The van der Waals surface area contributed by atoms with Crippen LogP contribution in [0, 0.1) is 10.1 Å².